The lowest BCUT2D eigenvalue weighted by Gasteiger charge is -2.07. The summed E-state index contributed by atoms with van der Waals surface area (Å²) in [6.45, 7) is 2.20. The van der Waals surface area contributed by atoms with E-state index in [0.717, 1.165) is 25.3 Å². The summed E-state index contributed by atoms with van der Waals surface area (Å²) in [5, 5.41) is 2.91. The number of carbonyl (C=O) groups is 1. The first-order valence-corrected chi connectivity index (χ1v) is 6.12. The zero-order valence-corrected chi connectivity index (χ0v) is 10.0. The van der Waals surface area contributed by atoms with Crippen LogP contribution in [0.15, 0.2) is 30.6 Å². The molecule has 1 N–H and O–H groups in total. The number of fused-ring (bicyclic) bond motifs is 1. The molecule has 0 spiro atoms. The molecule has 2 aromatic heterocycles. The highest BCUT2D eigenvalue weighted by molar-refractivity contribution is 5.92. The number of nitrogens with zero attached hydrogens (tertiary/aromatic N) is 2. The van der Waals surface area contributed by atoms with Crippen LogP contribution in [0.3, 0.4) is 0 Å². The lowest BCUT2D eigenvalue weighted by Crippen LogP contribution is -2.29. The first kappa shape index (κ1) is 11.2. The number of rotatable bonds is 3. The van der Waals surface area contributed by atoms with Crippen molar-refractivity contribution in [2.45, 2.75) is 6.42 Å². The van der Waals surface area contributed by atoms with E-state index in [9.17, 15) is 4.79 Å². The number of nitrogens with one attached hydrogen (secondary N) is 1. The third-order valence-corrected chi connectivity index (χ3v) is 3.17. The second-order valence-corrected chi connectivity index (χ2v) is 4.53. The number of ether oxygens (including phenoxy) is 1. The van der Waals surface area contributed by atoms with Gasteiger partial charge in [0.2, 0.25) is 0 Å². The Hall–Kier alpha value is -1.88. The molecule has 5 heteroatoms. The van der Waals surface area contributed by atoms with E-state index in [4.69, 9.17) is 4.74 Å². The lowest BCUT2D eigenvalue weighted by atomic mass is 10.1. The molecule has 1 atom stereocenters. The molecule has 0 radical (unpaired) electrons. The fraction of sp³-hybridized carbons (Fsp3) is 0.385. The summed E-state index contributed by atoms with van der Waals surface area (Å²) in [6.07, 6.45) is 4.64. The van der Waals surface area contributed by atoms with Gasteiger partial charge in [-0.1, -0.05) is 6.07 Å². The molecule has 0 bridgehead atoms. The van der Waals surface area contributed by atoms with E-state index in [1.807, 2.05) is 28.8 Å². The van der Waals surface area contributed by atoms with Crippen molar-refractivity contribution >= 4 is 11.6 Å². The maximum atomic E-state index is 11.9. The highest BCUT2D eigenvalue weighted by Crippen LogP contribution is 2.11. The van der Waals surface area contributed by atoms with Crippen molar-refractivity contribution in [1.29, 1.82) is 0 Å². The van der Waals surface area contributed by atoms with E-state index in [1.54, 1.807) is 6.20 Å². The average molecular weight is 245 g/mol. The third kappa shape index (κ3) is 2.22. The molecule has 94 valence electrons. The van der Waals surface area contributed by atoms with E-state index < -0.39 is 0 Å². The highest BCUT2D eigenvalue weighted by atomic mass is 16.5. The van der Waals surface area contributed by atoms with Crippen LogP contribution in [0.1, 0.15) is 16.9 Å². The summed E-state index contributed by atoms with van der Waals surface area (Å²) >= 11 is 0. The molecule has 1 amide bonds. The van der Waals surface area contributed by atoms with Gasteiger partial charge in [0.05, 0.1) is 6.61 Å². The standard InChI is InChI=1S/C13H15N3O2/c17-13(14-7-10-4-6-18-9-10)11-8-16-5-2-1-3-12(16)15-11/h1-3,5,8,10H,4,6-7,9H2,(H,14,17)/t10-/m0/s1. The quantitative estimate of drug-likeness (QED) is 0.881. The fourth-order valence-corrected chi connectivity index (χ4v) is 2.12. The first-order valence-electron chi connectivity index (χ1n) is 6.12. The van der Waals surface area contributed by atoms with Crippen LogP contribution >= 0.6 is 0 Å². The molecule has 1 aliphatic heterocycles. The van der Waals surface area contributed by atoms with Gasteiger partial charge in [-0.2, -0.15) is 0 Å². The minimum atomic E-state index is -0.120. The molecule has 2 aromatic rings. The molecule has 0 unspecified atom stereocenters. The Labute approximate surface area is 105 Å². The van der Waals surface area contributed by atoms with Crippen LogP contribution < -0.4 is 5.32 Å². The summed E-state index contributed by atoms with van der Waals surface area (Å²) in [5.74, 6) is 0.316. The van der Waals surface area contributed by atoms with Crippen molar-refractivity contribution < 1.29 is 9.53 Å². The maximum absolute atomic E-state index is 11.9. The summed E-state index contributed by atoms with van der Waals surface area (Å²) in [4.78, 5) is 16.2. The average Bonchev–Trinajstić information content (AvgIpc) is 3.04. The SMILES string of the molecule is O=C(NC[C@@H]1CCOC1)c1cn2ccccc2n1. The zero-order chi connectivity index (χ0) is 12.4. The van der Waals surface area contributed by atoms with E-state index in [2.05, 4.69) is 10.3 Å². The number of amides is 1. The molecule has 0 saturated carbocycles. The van der Waals surface area contributed by atoms with Crippen LogP contribution in [-0.2, 0) is 4.74 Å². The normalized spacial score (nSPS) is 19.2. The van der Waals surface area contributed by atoms with Gasteiger partial charge in [-0.25, -0.2) is 4.98 Å². The van der Waals surface area contributed by atoms with Gasteiger partial charge in [-0.05, 0) is 18.6 Å². The summed E-state index contributed by atoms with van der Waals surface area (Å²) in [7, 11) is 0. The number of hydrogen-bond donors (Lipinski definition) is 1. The van der Waals surface area contributed by atoms with Crippen molar-refractivity contribution in [2.24, 2.45) is 5.92 Å². The Morgan fingerprint density at radius 1 is 1.56 bits per heavy atom. The van der Waals surface area contributed by atoms with Crippen molar-refractivity contribution in [3.8, 4) is 0 Å². The number of aromatic nitrogens is 2. The lowest BCUT2D eigenvalue weighted by molar-refractivity contribution is 0.0940. The molecule has 1 fully saturated rings. The van der Waals surface area contributed by atoms with Crippen molar-refractivity contribution in [3.63, 3.8) is 0 Å². The van der Waals surface area contributed by atoms with Gasteiger partial charge in [0.15, 0.2) is 0 Å². The Morgan fingerprint density at radius 3 is 3.28 bits per heavy atom. The monoisotopic (exact) mass is 245 g/mol. The highest BCUT2D eigenvalue weighted by Gasteiger charge is 2.17. The van der Waals surface area contributed by atoms with Gasteiger partial charge in [0.25, 0.3) is 5.91 Å². The van der Waals surface area contributed by atoms with Gasteiger partial charge < -0.3 is 14.5 Å². The molecule has 18 heavy (non-hydrogen) atoms. The molecule has 5 nitrogen and oxygen atoms in total. The Kier molecular flexibility index (Phi) is 2.98. The van der Waals surface area contributed by atoms with Gasteiger partial charge >= 0.3 is 0 Å². The second kappa shape index (κ2) is 4.78. The van der Waals surface area contributed by atoms with Crippen LogP contribution in [0, 0.1) is 5.92 Å². The minimum Gasteiger partial charge on any atom is -0.381 e. The summed E-state index contributed by atoms with van der Waals surface area (Å²) < 4.78 is 7.11. The molecule has 0 aliphatic carbocycles. The van der Waals surface area contributed by atoms with Gasteiger partial charge in [-0.3, -0.25) is 4.79 Å². The van der Waals surface area contributed by atoms with Crippen molar-refractivity contribution in [3.05, 3.63) is 36.3 Å². The van der Waals surface area contributed by atoms with Gasteiger partial charge in [0.1, 0.15) is 11.3 Å². The van der Waals surface area contributed by atoms with E-state index >= 15 is 0 Å². The number of imidazole rings is 1. The van der Waals surface area contributed by atoms with Crippen LogP contribution in [-0.4, -0.2) is 35.1 Å². The van der Waals surface area contributed by atoms with Crippen LogP contribution in [0.4, 0.5) is 0 Å². The van der Waals surface area contributed by atoms with Crippen molar-refractivity contribution in [1.82, 2.24) is 14.7 Å². The molecule has 0 aromatic carbocycles. The first-order chi connectivity index (χ1) is 8.83. The molecular weight excluding hydrogens is 230 g/mol. The smallest absolute Gasteiger partial charge is 0.271 e. The van der Waals surface area contributed by atoms with Gasteiger partial charge in [0, 0.05) is 31.5 Å². The Morgan fingerprint density at radius 2 is 2.50 bits per heavy atom. The Balaban J connectivity index is 1.67. The summed E-state index contributed by atoms with van der Waals surface area (Å²) in [6, 6.07) is 5.69. The largest absolute Gasteiger partial charge is 0.381 e. The third-order valence-electron chi connectivity index (χ3n) is 3.17. The topological polar surface area (TPSA) is 55.6 Å². The predicted octanol–water partition coefficient (Wildman–Crippen LogP) is 1.10. The Bertz CT molecular complexity index is 525. The van der Waals surface area contributed by atoms with E-state index in [0.29, 0.717) is 18.2 Å². The van der Waals surface area contributed by atoms with Gasteiger partial charge in [-0.15, -0.1) is 0 Å². The van der Waals surface area contributed by atoms with Crippen LogP contribution in [0.5, 0.6) is 0 Å². The van der Waals surface area contributed by atoms with Crippen molar-refractivity contribution in [2.75, 3.05) is 19.8 Å². The molecule has 3 heterocycles. The van der Waals surface area contributed by atoms with E-state index in [-0.39, 0.29) is 5.91 Å². The predicted molar refractivity (Wildman–Crippen MR) is 66.5 cm³/mol. The molecule has 3 rings (SSSR count). The maximum Gasteiger partial charge on any atom is 0.271 e. The molecule has 1 saturated heterocycles. The molecular formula is C13H15N3O2. The van der Waals surface area contributed by atoms with Crippen LogP contribution in [0.25, 0.3) is 5.65 Å². The second-order valence-electron chi connectivity index (χ2n) is 4.53. The van der Waals surface area contributed by atoms with Crippen LogP contribution in [0.2, 0.25) is 0 Å². The summed E-state index contributed by atoms with van der Waals surface area (Å²) in [5.41, 5.74) is 1.24. The number of carbonyl (C=O) groups excluding carboxylic acids is 1. The minimum absolute atomic E-state index is 0.120. The number of hydrogen-bond acceptors (Lipinski definition) is 3. The van der Waals surface area contributed by atoms with E-state index in [1.165, 1.54) is 0 Å². The molecule has 1 aliphatic rings. The number of pyridine rings is 1. The zero-order valence-electron chi connectivity index (χ0n) is 10.0. The fourth-order valence-electron chi connectivity index (χ4n) is 2.12.